The Balaban J connectivity index is 2.36. The molecule has 2 nitrogen and oxygen atoms in total. The molecule has 0 amide bonds. The number of aromatic nitrogens is 1. The fourth-order valence-corrected chi connectivity index (χ4v) is 2.01. The molecule has 3 heteroatoms. The molecule has 0 bridgehead atoms. The molecule has 0 saturated carbocycles. The monoisotopic (exact) mass is 276 g/mol. The molecule has 0 atom stereocenters. The van der Waals surface area contributed by atoms with E-state index >= 15 is 0 Å². The highest BCUT2D eigenvalue weighted by Crippen LogP contribution is 2.22. The van der Waals surface area contributed by atoms with E-state index in [1.165, 1.54) is 11.1 Å². The molecule has 0 saturated heterocycles. The summed E-state index contributed by atoms with van der Waals surface area (Å²) in [6.45, 7) is 0.634. The minimum atomic E-state index is 0.634. The van der Waals surface area contributed by atoms with Gasteiger partial charge in [0, 0.05) is 22.8 Å². The minimum Gasteiger partial charge on any atom is -0.330 e. The third kappa shape index (κ3) is 2.68. The lowest BCUT2D eigenvalue weighted by Crippen LogP contribution is -2.04. The van der Waals surface area contributed by atoms with Crippen molar-refractivity contribution in [2.24, 2.45) is 5.73 Å². The molecule has 0 unspecified atom stereocenters. The second-order valence-corrected chi connectivity index (χ2v) is 4.50. The van der Waals surface area contributed by atoms with Crippen LogP contribution >= 0.6 is 15.9 Å². The summed E-state index contributed by atoms with van der Waals surface area (Å²) in [4.78, 5) is 4.29. The van der Waals surface area contributed by atoms with Gasteiger partial charge in [0.2, 0.25) is 0 Å². The van der Waals surface area contributed by atoms with Crippen LogP contribution in [0.1, 0.15) is 5.69 Å². The Morgan fingerprint density at radius 1 is 1.12 bits per heavy atom. The topological polar surface area (TPSA) is 38.9 Å². The molecular weight excluding hydrogens is 264 g/mol. The van der Waals surface area contributed by atoms with E-state index < -0.39 is 0 Å². The van der Waals surface area contributed by atoms with Gasteiger partial charge >= 0.3 is 0 Å². The molecule has 1 aromatic carbocycles. The van der Waals surface area contributed by atoms with Crippen molar-refractivity contribution in [3.63, 3.8) is 0 Å². The Hall–Kier alpha value is -1.19. The molecule has 16 heavy (non-hydrogen) atoms. The van der Waals surface area contributed by atoms with Gasteiger partial charge in [-0.05, 0) is 41.9 Å². The minimum absolute atomic E-state index is 0.634. The Morgan fingerprint density at radius 3 is 2.69 bits per heavy atom. The smallest absolute Gasteiger partial charge is 0.0422 e. The largest absolute Gasteiger partial charge is 0.330 e. The second-order valence-electron chi connectivity index (χ2n) is 3.58. The van der Waals surface area contributed by atoms with Crippen molar-refractivity contribution in [1.29, 1.82) is 0 Å². The molecule has 1 aromatic heterocycles. The van der Waals surface area contributed by atoms with Gasteiger partial charge < -0.3 is 5.73 Å². The first-order valence-electron chi connectivity index (χ1n) is 5.20. The van der Waals surface area contributed by atoms with Crippen molar-refractivity contribution in [2.45, 2.75) is 6.42 Å². The number of rotatable bonds is 3. The summed E-state index contributed by atoms with van der Waals surface area (Å²) in [6.07, 6.45) is 2.66. The van der Waals surface area contributed by atoms with Crippen molar-refractivity contribution in [3.8, 4) is 11.1 Å². The van der Waals surface area contributed by atoms with Crippen LogP contribution in [0, 0.1) is 0 Å². The number of hydrogen-bond donors (Lipinski definition) is 1. The summed E-state index contributed by atoms with van der Waals surface area (Å²) in [5.41, 5.74) is 8.94. The van der Waals surface area contributed by atoms with Crippen LogP contribution in [0.4, 0.5) is 0 Å². The molecule has 2 aromatic rings. The van der Waals surface area contributed by atoms with Crippen molar-refractivity contribution in [3.05, 3.63) is 52.8 Å². The summed E-state index contributed by atoms with van der Waals surface area (Å²) in [6, 6.07) is 12.3. The normalized spacial score (nSPS) is 10.4. The van der Waals surface area contributed by atoms with Gasteiger partial charge in [0.15, 0.2) is 0 Å². The number of nitrogens with two attached hydrogens (primary N) is 1. The second kappa shape index (κ2) is 5.23. The number of benzene rings is 1. The van der Waals surface area contributed by atoms with Gasteiger partial charge in [-0.1, -0.05) is 28.1 Å². The van der Waals surface area contributed by atoms with E-state index in [0.717, 1.165) is 16.6 Å². The van der Waals surface area contributed by atoms with Crippen LogP contribution in [0.3, 0.4) is 0 Å². The van der Waals surface area contributed by atoms with E-state index in [0.29, 0.717) is 6.54 Å². The molecule has 0 aliphatic rings. The summed E-state index contributed by atoms with van der Waals surface area (Å²) in [5.74, 6) is 0. The molecule has 0 aliphatic carbocycles. The van der Waals surface area contributed by atoms with Crippen molar-refractivity contribution in [1.82, 2.24) is 4.98 Å². The van der Waals surface area contributed by atoms with Gasteiger partial charge in [0.05, 0.1) is 0 Å². The standard InChI is InChI=1S/C13H13BrN2/c14-12-3-1-2-10(8-12)11-5-7-16-13(9-11)4-6-15/h1-3,5,7-9H,4,6,15H2. The molecule has 2 rings (SSSR count). The highest BCUT2D eigenvalue weighted by molar-refractivity contribution is 9.10. The van der Waals surface area contributed by atoms with Crippen molar-refractivity contribution < 1.29 is 0 Å². The Labute approximate surface area is 104 Å². The molecule has 0 aliphatic heterocycles. The van der Waals surface area contributed by atoms with Crippen LogP contribution in [0.5, 0.6) is 0 Å². The zero-order valence-electron chi connectivity index (χ0n) is 8.86. The summed E-state index contributed by atoms with van der Waals surface area (Å²) >= 11 is 3.47. The lowest BCUT2D eigenvalue weighted by atomic mass is 10.1. The van der Waals surface area contributed by atoms with Gasteiger partial charge in [0.1, 0.15) is 0 Å². The maximum Gasteiger partial charge on any atom is 0.0422 e. The van der Waals surface area contributed by atoms with E-state index in [2.05, 4.69) is 39.1 Å². The van der Waals surface area contributed by atoms with E-state index in [-0.39, 0.29) is 0 Å². The van der Waals surface area contributed by atoms with Gasteiger partial charge in [0.25, 0.3) is 0 Å². The predicted molar refractivity (Wildman–Crippen MR) is 70.1 cm³/mol. The van der Waals surface area contributed by atoms with Crippen LogP contribution in [-0.2, 0) is 6.42 Å². The first-order chi connectivity index (χ1) is 7.79. The first kappa shape index (κ1) is 11.3. The third-order valence-electron chi connectivity index (χ3n) is 2.37. The summed E-state index contributed by atoms with van der Waals surface area (Å²) < 4.78 is 1.09. The van der Waals surface area contributed by atoms with Gasteiger partial charge in [-0.3, -0.25) is 4.98 Å². The average Bonchev–Trinajstić information content (AvgIpc) is 2.30. The number of nitrogens with zero attached hydrogens (tertiary/aromatic N) is 1. The lowest BCUT2D eigenvalue weighted by Gasteiger charge is -2.04. The average molecular weight is 277 g/mol. The number of halogens is 1. The van der Waals surface area contributed by atoms with E-state index in [1.54, 1.807) is 0 Å². The predicted octanol–water partition coefficient (Wildman–Crippen LogP) is 3.01. The third-order valence-corrected chi connectivity index (χ3v) is 2.87. The molecule has 0 radical (unpaired) electrons. The van der Waals surface area contributed by atoms with Crippen molar-refractivity contribution in [2.75, 3.05) is 6.54 Å². The number of hydrogen-bond acceptors (Lipinski definition) is 2. The molecule has 2 N–H and O–H groups in total. The SMILES string of the molecule is NCCc1cc(-c2cccc(Br)c2)ccn1. The zero-order chi connectivity index (χ0) is 11.4. The maximum atomic E-state index is 5.53. The van der Waals surface area contributed by atoms with Crippen molar-refractivity contribution >= 4 is 15.9 Å². The molecule has 0 spiro atoms. The van der Waals surface area contributed by atoms with Crippen LogP contribution in [-0.4, -0.2) is 11.5 Å². The van der Waals surface area contributed by atoms with E-state index in [9.17, 15) is 0 Å². The molecular formula is C13H13BrN2. The van der Waals surface area contributed by atoms with Gasteiger partial charge in [-0.15, -0.1) is 0 Å². The Kier molecular flexibility index (Phi) is 3.70. The van der Waals surface area contributed by atoms with E-state index in [1.807, 2.05) is 24.4 Å². The first-order valence-corrected chi connectivity index (χ1v) is 6.00. The van der Waals surface area contributed by atoms with Crippen LogP contribution in [0.15, 0.2) is 47.1 Å². The summed E-state index contributed by atoms with van der Waals surface area (Å²) in [7, 11) is 0. The molecule has 0 fully saturated rings. The summed E-state index contributed by atoms with van der Waals surface area (Å²) in [5, 5.41) is 0. The van der Waals surface area contributed by atoms with Crippen LogP contribution < -0.4 is 5.73 Å². The maximum absolute atomic E-state index is 5.53. The quantitative estimate of drug-likeness (QED) is 0.936. The Bertz CT molecular complexity index is 483. The highest BCUT2D eigenvalue weighted by atomic mass is 79.9. The molecule has 1 heterocycles. The van der Waals surface area contributed by atoms with Gasteiger partial charge in [-0.2, -0.15) is 0 Å². The molecule has 82 valence electrons. The van der Waals surface area contributed by atoms with Gasteiger partial charge in [-0.25, -0.2) is 0 Å². The fourth-order valence-electron chi connectivity index (χ4n) is 1.61. The lowest BCUT2D eigenvalue weighted by molar-refractivity contribution is 0.924. The fraction of sp³-hybridized carbons (Fsp3) is 0.154. The van der Waals surface area contributed by atoms with E-state index in [4.69, 9.17) is 5.73 Å². The van der Waals surface area contributed by atoms with Crippen LogP contribution in [0.2, 0.25) is 0 Å². The Morgan fingerprint density at radius 2 is 1.94 bits per heavy atom. The number of pyridine rings is 1. The zero-order valence-corrected chi connectivity index (χ0v) is 10.4. The highest BCUT2D eigenvalue weighted by Gasteiger charge is 2.00. The van der Waals surface area contributed by atoms with Crippen LogP contribution in [0.25, 0.3) is 11.1 Å².